The fourth-order valence-corrected chi connectivity index (χ4v) is 3.17. The third-order valence-electron chi connectivity index (χ3n) is 4.61. The molecule has 0 unspecified atom stereocenters. The van der Waals surface area contributed by atoms with E-state index in [-0.39, 0.29) is 5.56 Å². The second-order valence-electron chi connectivity index (χ2n) is 6.67. The van der Waals surface area contributed by atoms with E-state index in [1.54, 1.807) is 0 Å². The highest BCUT2D eigenvalue weighted by atomic mass is 16.1. The molecule has 6 heteroatoms. The molecular formula is C22H25N5O. The minimum absolute atomic E-state index is 0.171. The van der Waals surface area contributed by atoms with Crippen molar-refractivity contribution in [3.8, 4) is 17.3 Å². The highest BCUT2D eigenvalue weighted by Crippen LogP contribution is 2.26. The molecule has 0 atom stereocenters. The number of H-pyrrole nitrogens is 1. The molecule has 1 aromatic heterocycles. The van der Waals surface area contributed by atoms with Crippen molar-refractivity contribution in [2.45, 2.75) is 25.7 Å². The Bertz CT molecular complexity index is 1010. The van der Waals surface area contributed by atoms with Crippen molar-refractivity contribution in [3.63, 3.8) is 0 Å². The van der Waals surface area contributed by atoms with E-state index < -0.39 is 0 Å². The van der Waals surface area contributed by atoms with E-state index in [0.29, 0.717) is 11.8 Å². The second kappa shape index (κ2) is 10.2. The average Bonchev–Trinajstić information content (AvgIpc) is 2.73. The summed E-state index contributed by atoms with van der Waals surface area (Å²) < 4.78 is 0. The number of nitrogens with zero attached hydrogens (tertiary/aromatic N) is 2. The number of unbranched alkanes of at least 4 members (excludes halogenated alkanes) is 2. The summed E-state index contributed by atoms with van der Waals surface area (Å²) in [5, 5.41) is 23.6. The quantitative estimate of drug-likeness (QED) is 0.470. The summed E-state index contributed by atoms with van der Waals surface area (Å²) in [6, 6.07) is 17.8. The number of benzene rings is 2. The minimum Gasteiger partial charge on any atom is -0.385 e. The number of aromatic nitrogens is 2. The van der Waals surface area contributed by atoms with Crippen molar-refractivity contribution in [2.75, 3.05) is 25.0 Å². The minimum atomic E-state index is -0.171. The first-order valence-electron chi connectivity index (χ1n) is 9.69. The van der Waals surface area contributed by atoms with Crippen molar-refractivity contribution in [1.29, 1.82) is 5.26 Å². The molecule has 0 amide bonds. The highest BCUT2D eigenvalue weighted by Gasteiger charge is 2.08. The first kappa shape index (κ1) is 19.6. The number of hydrogen-bond acceptors (Lipinski definition) is 5. The van der Waals surface area contributed by atoms with E-state index in [0.717, 1.165) is 61.2 Å². The monoisotopic (exact) mass is 375 g/mol. The van der Waals surface area contributed by atoms with Crippen LogP contribution in [0.4, 0.5) is 5.69 Å². The van der Waals surface area contributed by atoms with Gasteiger partial charge in [-0.2, -0.15) is 10.4 Å². The van der Waals surface area contributed by atoms with Gasteiger partial charge in [0, 0.05) is 36.1 Å². The van der Waals surface area contributed by atoms with Crippen LogP contribution in [0.3, 0.4) is 0 Å². The van der Waals surface area contributed by atoms with Crippen LogP contribution >= 0.6 is 0 Å². The molecule has 0 aliphatic rings. The lowest BCUT2D eigenvalue weighted by atomic mass is 10.0. The highest BCUT2D eigenvalue weighted by molar-refractivity contribution is 5.94. The zero-order chi connectivity index (χ0) is 19.6. The standard InChI is InChI=1S/C22H25N5O/c23-12-7-14-24-13-4-1-5-15-25-18-9-6-8-17(16-18)21-19-10-2-3-11-20(19)22(28)27-26-21/h2-3,6,8-11,16,24-25H,1,4-5,7,13-15H2,(H,27,28). The topological polar surface area (TPSA) is 93.6 Å². The zero-order valence-electron chi connectivity index (χ0n) is 15.9. The van der Waals surface area contributed by atoms with Gasteiger partial charge in [0.15, 0.2) is 0 Å². The van der Waals surface area contributed by atoms with Gasteiger partial charge in [-0.25, -0.2) is 5.10 Å². The summed E-state index contributed by atoms with van der Waals surface area (Å²) in [4.78, 5) is 12.0. The van der Waals surface area contributed by atoms with E-state index >= 15 is 0 Å². The Balaban J connectivity index is 1.56. The van der Waals surface area contributed by atoms with Crippen LogP contribution in [0.15, 0.2) is 53.3 Å². The molecule has 3 N–H and O–H groups in total. The first-order valence-corrected chi connectivity index (χ1v) is 9.69. The molecule has 0 spiro atoms. The third kappa shape index (κ3) is 5.18. The normalized spacial score (nSPS) is 10.7. The van der Waals surface area contributed by atoms with Crippen LogP contribution in [-0.4, -0.2) is 29.8 Å². The number of nitrogens with one attached hydrogen (secondary N) is 3. The Labute approximate surface area is 164 Å². The van der Waals surface area contributed by atoms with Crippen molar-refractivity contribution in [2.24, 2.45) is 0 Å². The summed E-state index contributed by atoms with van der Waals surface area (Å²) in [5.74, 6) is 0. The molecular weight excluding hydrogens is 350 g/mol. The summed E-state index contributed by atoms with van der Waals surface area (Å²) in [6.07, 6.45) is 3.90. The molecule has 6 nitrogen and oxygen atoms in total. The molecule has 0 fully saturated rings. The molecule has 0 saturated carbocycles. The molecule has 0 aliphatic heterocycles. The van der Waals surface area contributed by atoms with Gasteiger partial charge in [-0.05, 0) is 37.6 Å². The fourth-order valence-electron chi connectivity index (χ4n) is 3.17. The van der Waals surface area contributed by atoms with Crippen LogP contribution in [0.25, 0.3) is 22.0 Å². The van der Waals surface area contributed by atoms with Gasteiger partial charge < -0.3 is 10.6 Å². The van der Waals surface area contributed by atoms with Gasteiger partial charge in [0.2, 0.25) is 0 Å². The average molecular weight is 375 g/mol. The predicted molar refractivity (Wildman–Crippen MR) is 113 cm³/mol. The molecule has 2 aromatic carbocycles. The second-order valence-corrected chi connectivity index (χ2v) is 6.67. The molecule has 0 saturated heterocycles. The van der Waals surface area contributed by atoms with Gasteiger partial charge in [0.25, 0.3) is 5.56 Å². The molecule has 3 aromatic rings. The molecule has 3 rings (SSSR count). The van der Waals surface area contributed by atoms with Gasteiger partial charge in [-0.15, -0.1) is 0 Å². The maximum absolute atomic E-state index is 12.0. The lowest BCUT2D eigenvalue weighted by Gasteiger charge is -2.10. The maximum atomic E-state index is 12.0. The fraction of sp³-hybridized carbons (Fsp3) is 0.318. The molecule has 28 heavy (non-hydrogen) atoms. The summed E-state index contributed by atoms with van der Waals surface area (Å²) in [7, 11) is 0. The lowest BCUT2D eigenvalue weighted by molar-refractivity contribution is 0.615. The number of nitriles is 1. The van der Waals surface area contributed by atoms with Crippen molar-refractivity contribution >= 4 is 16.5 Å². The van der Waals surface area contributed by atoms with Crippen molar-refractivity contribution in [1.82, 2.24) is 15.5 Å². The van der Waals surface area contributed by atoms with Crippen LogP contribution in [0.2, 0.25) is 0 Å². The van der Waals surface area contributed by atoms with Crippen LogP contribution in [0.5, 0.6) is 0 Å². The van der Waals surface area contributed by atoms with Crippen LogP contribution in [0, 0.1) is 11.3 Å². The Hall–Kier alpha value is -3.17. The number of rotatable bonds is 10. The van der Waals surface area contributed by atoms with Crippen LogP contribution in [-0.2, 0) is 0 Å². The Morgan fingerprint density at radius 3 is 2.64 bits per heavy atom. The Kier molecular flexibility index (Phi) is 7.16. The van der Waals surface area contributed by atoms with Gasteiger partial charge in [-0.1, -0.05) is 36.8 Å². The van der Waals surface area contributed by atoms with E-state index in [9.17, 15) is 4.79 Å². The maximum Gasteiger partial charge on any atom is 0.272 e. The number of aromatic amines is 1. The smallest absolute Gasteiger partial charge is 0.272 e. The number of anilines is 1. The van der Waals surface area contributed by atoms with Crippen LogP contribution < -0.4 is 16.2 Å². The summed E-state index contributed by atoms with van der Waals surface area (Å²) in [5.41, 5.74) is 2.62. The lowest BCUT2D eigenvalue weighted by Crippen LogP contribution is -2.16. The number of hydrogen-bond donors (Lipinski definition) is 3. The van der Waals surface area contributed by atoms with Gasteiger partial charge in [0.05, 0.1) is 17.1 Å². The van der Waals surface area contributed by atoms with Gasteiger partial charge in [0.1, 0.15) is 0 Å². The Morgan fingerprint density at radius 2 is 1.79 bits per heavy atom. The first-order chi connectivity index (χ1) is 13.8. The van der Waals surface area contributed by atoms with Crippen molar-refractivity contribution in [3.05, 3.63) is 58.9 Å². The molecule has 0 radical (unpaired) electrons. The van der Waals surface area contributed by atoms with Crippen molar-refractivity contribution < 1.29 is 0 Å². The van der Waals surface area contributed by atoms with Gasteiger partial charge >= 0.3 is 0 Å². The van der Waals surface area contributed by atoms with E-state index in [1.807, 2.05) is 42.5 Å². The summed E-state index contributed by atoms with van der Waals surface area (Å²) in [6.45, 7) is 2.64. The van der Waals surface area contributed by atoms with Gasteiger partial charge in [-0.3, -0.25) is 4.79 Å². The van der Waals surface area contributed by atoms with E-state index in [1.165, 1.54) is 0 Å². The molecule has 1 heterocycles. The molecule has 0 bridgehead atoms. The predicted octanol–water partition coefficient (Wildman–Crippen LogP) is 3.68. The largest absolute Gasteiger partial charge is 0.385 e. The Morgan fingerprint density at radius 1 is 0.964 bits per heavy atom. The number of fused-ring (bicyclic) bond motifs is 1. The molecule has 144 valence electrons. The van der Waals surface area contributed by atoms with E-state index in [4.69, 9.17) is 5.26 Å². The SMILES string of the molecule is N#CCCNCCCCCNc1cccc(-c2n[nH]c(=O)c3ccccc23)c1. The van der Waals surface area contributed by atoms with Crippen LogP contribution in [0.1, 0.15) is 25.7 Å². The zero-order valence-corrected chi connectivity index (χ0v) is 15.9. The molecule has 0 aliphatic carbocycles. The third-order valence-corrected chi connectivity index (χ3v) is 4.61. The summed E-state index contributed by atoms with van der Waals surface area (Å²) >= 11 is 0. The van der Waals surface area contributed by atoms with E-state index in [2.05, 4.69) is 33.0 Å².